The molecule has 10 heteroatoms. The summed E-state index contributed by atoms with van der Waals surface area (Å²) in [5, 5.41) is 6.75. The number of amides is 1. The summed E-state index contributed by atoms with van der Waals surface area (Å²) >= 11 is 0. The molecule has 2 N–H and O–H groups in total. The molecule has 4 rings (SSSR count). The van der Waals surface area contributed by atoms with Crippen LogP contribution in [0.1, 0.15) is 28.7 Å². The highest BCUT2D eigenvalue weighted by atomic mass is 19.1. The number of hydrogen-bond donors (Lipinski definition) is 2. The second-order valence-corrected chi connectivity index (χ2v) is 7.30. The highest BCUT2D eigenvalue weighted by Gasteiger charge is 2.20. The van der Waals surface area contributed by atoms with E-state index in [4.69, 9.17) is 0 Å². The van der Waals surface area contributed by atoms with Crippen LogP contribution < -0.4 is 15.8 Å². The molecule has 0 spiro atoms. The summed E-state index contributed by atoms with van der Waals surface area (Å²) in [4.78, 5) is 34.7. The Hall–Kier alpha value is -3.27. The molecule has 1 saturated heterocycles. The summed E-state index contributed by atoms with van der Waals surface area (Å²) in [6, 6.07) is 3.30. The maximum atomic E-state index is 14.2. The Morgan fingerprint density at radius 1 is 1.27 bits per heavy atom. The van der Waals surface area contributed by atoms with Gasteiger partial charge in [0.25, 0.3) is 11.5 Å². The van der Waals surface area contributed by atoms with Gasteiger partial charge in [-0.25, -0.2) is 13.9 Å². The number of aromatic nitrogens is 4. The van der Waals surface area contributed by atoms with Gasteiger partial charge in [0, 0.05) is 52.0 Å². The van der Waals surface area contributed by atoms with E-state index in [1.807, 2.05) is 19.2 Å². The van der Waals surface area contributed by atoms with Crippen molar-refractivity contribution in [2.45, 2.75) is 19.9 Å². The Kier molecular flexibility index (Phi) is 5.49. The van der Waals surface area contributed by atoms with Crippen LogP contribution in [0.25, 0.3) is 5.65 Å². The van der Waals surface area contributed by atoms with Crippen LogP contribution in [0.15, 0.2) is 29.3 Å². The standard InChI is InChI=1S/C20H24FN7O2/c1-3-16-19(29)24-17-8-13(12-28(17)25-16)11-26-4-6-27(7-5-26)14-9-15(21)18(23-10-14)20(30)22-2/h8-10,12H,3-7,11H2,1-2H3,(H,22,30)(H,24,29). The van der Waals surface area contributed by atoms with Crippen molar-refractivity contribution < 1.29 is 9.18 Å². The highest BCUT2D eigenvalue weighted by molar-refractivity contribution is 5.92. The zero-order valence-electron chi connectivity index (χ0n) is 17.0. The number of anilines is 1. The number of aryl methyl sites for hydroxylation is 1. The molecule has 1 aliphatic heterocycles. The molecule has 0 aromatic carbocycles. The van der Waals surface area contributed by atoms with Crippen LogP contribution in [0.2, 0.25) is 0 Å². The van der Waals surface area contributed by atoms with Crippen molar-refractivity contribution in [3.8, 4) is 0 Å². The van der Waals surface area contributed by atoms with Gasteiger partial charge in [-0.3, -0.25) is 14.5 Å². The first kappa shape index (κ1) is 20.0. The number of nitrogens with one attached hydrogen (secondary N) is 2. The number of rotatable bonds is 5. The predicted molar refractivity (Wildman–Crippen MR) is 110 cm³/mol. The van der Waals surface area contributed by atoms with Crippen LogP contribution in [0.4, 0.5) is 10.1 Å². The van der Waals surface area contributed by atoms with E-state index in [1.165, 1.54) is 19.3 Å². The molecule has 3 aromatic rings. The van der Waals surface area contributed by atoms with Gasteiger partial charge < -0.3 is 15.2 Å². The Morgan fingerprint density at radius 3 is 2.70 bits per heavy atom. The number of H-pyrrole nitrogens is 1. The number of aromatic amines is 1. The van der Waals surface area contributed by atoms with E-state index in [9.17, 15) is 14.0 Å². The van der Waals surface area contributed by atoms with Gasteiger partial charge in [-0.05, 0) is 18.1 Å². The third kappa shape index (κ3) is 3.90. The fraction of sp³-hybridized carbons (Fsp3) is 0.400. The molecule has 1 amide bonds. The van der Waals surface area contributed by atoms with Gasteiger partial charge in [0.15, 0.2) is 11.5 Å². The molecule has 0 saturated carbocycles. The summed E-state index contributed by atoms with van der Waals surface area (Å²) in [6.45, 7) is 5.69. The van der Waals surface area contributed by atoms with Gasteiger partial charge in [0.05, 0.1) is 11.9 Å². The quantitative estimate of drug-likeness (QED) is 0.642. The van der Waals surface area contributed by atoms with E-state index in [1.54, 1.807) is 4.52 Å². The number of carbonyl (C=O) groups is 1. The van der Waals surface area contributed by atoms with Crippen molar-refractivity contribution in [3.63, 3.8) is 0 Å². The van der Waals surface area contributed by atoms with Crippen LogP contribution in [-0.2, 0) is 13.0 Å². The van der Waals surface area contributed by atoms with E-state index < -0.39 is 11.7 Å². The van der Waals surface area contributed by atoms with Crippen LogP contribution in [0, 0.1) is 5.82 Å². The number of nitrogens with zero attached hydrogens (tertiary/aromatic N) is 5. The minimum absolute atomic E-state index is 0.147. The topological polar surface area (TPSA) is 98.6 Å². The van der Waals surface area contributed by atoms with E-state index in [0.29, 0.717) is 23.4 Å². The van der Waals surface area contributed by atoms with Crippen molar-refractivity contribution >= 4 is 17.2 Å². The zero-order valence-corrected chi connectivity index (χ0v) is 17.0. The molecule has 0 bridgehead atoms. The molecule has 9 nitrogen and oxygen atoms in total. The van der Waals surface area contributed by atoms with Crippen LogP contribution in [-0.4, -0.2) is 63.6 Å². The van der Waals surface area contributed by atoms with Crippen LogP contribution in [0.5, 0.6) is 0 Å². The minimum atomic E-state index is -0.622. The number of fused-ring (bicyclic) bond motifs is 1. The van der Waals surface area contributed by atoms with E-state index in [-0.39, 0.29) is 11.3 Å². The molecule has 0 unspecified atom stereocenters. The molecule has 1 fully saturated rings. The lowest BCUT2D eigenvalue weighted by Gasteiger charge is -2.35. The monoisotopic (exact) mass is 413 g/mol. The van der Waals surface area contributed by atoms with Crippen molar-refractivity contribution in [1.29, 1.82) is 0 Å². The van der Waals surface area contributed by atoms with Gasteiger partial charge in [-0.15, -0.1) is 0 Å². The lowest BCUT2D eigenvalue weighted by atomic mass is 10.2. The maximum absolute atomic E-state index is 14.2. The number of carbonyl (C=O) groups excluding carboxylic acids is 1. The van der Waals surface area contributed by atoms with E-state index in [0.717, 1.165) is 38.3 Å². The smallest absolute Gasteiger partial charge is 0.273 e. The Balaban J connectivity index is 1.40. The first-order valence-electron chi connectivity index (χ1n) is 9.94. The maximum Gasteiger partial charge on any atom is 0.273 e. The lowest BCUT2D eigenvalue weighted by Crippen LogP contribution is -2.46. The normalized spacial score (nSPS) is 15.0. The molecular weight excluding hydrogens is 389 g/mol. The third-order valence-corrected chi connectivity index (χ3v) is 5.34. The van der Waals surface area contributed by atoms with Crippen LogP contribution in [0.3, 0.4) is 0 Å². The minimum Gasteiger partial charge on any atom is -0.368 e. The number of hydrogen-bond acceptors (Lipinski definition) is 6. The average molecular weight is 413 g/mol. The predicted octanol–water partition coefficient (Wildman–Crippen LogP) is 0.801. The first-order chi connectivity index (χ1) is 14.5. The molecule has 4 heterocycles. The molecule has 158 valence electrons. The summed E-state index contributed by atoms with van der Waals surface area (Å²) in [6.07, 6.45) is 4.06. The van der Waals surface area contributed by atoms with Crippen molar-refractivity contribution in [1.82, 2.24) is 29.8 Å². The Bertz CT molecular complexity index is 1130. The lowest BCUT2D eigenvalue weighted by molar-refractivity contribution is 0.0953. The average Bonchev–Trinajstić information content (AvgIpc) is 3.13. The van der Waals surface area contributed by atoms with Crippen molar-refractivity contribution in [3.05, 3.63) is 57.6 Å². The first-order valence-corrected chi connectivity index (χ1v) is 9.94. The van der Waals surface area contributed by atoms with Gasteiger partial charge in [-0.1, -0.05) is 6.92 Å². The largest absolute Gasteiger partial charge is 0.368 e. The zero-order chi connectivity index (χ0) is 21.3. The fourth-order valence-corrected chi connectivity index (χ4v) is 3.67. The van der Waals surface area contributed by atoms with Gasteiger partial charge in [-0.2, -0.15) is 5.10 Å². The van der Waals surface area contributed by atoms with Gasteiger partial charge >= 0.3 is 0 Å². The van der Waals surface area contributed by atoms with E-state index >= 15 is 0 Å². The summed E-state index contributed by atoms with van der Waals surface area (Å²) in [5.41, 5.74) is 2.60. The Labute approximate surface area is 172 Å². The van der Waals surface area contributed by atoms with Crippen LogP contribution >= 0.6 is 0 Å². The summed E-state index contributed by atoms with van der Waals surface area (Å²) in [7, 11) is 1.45. The van der Waals surface area contributed by atoms with Crippen molar-refractivity contribution in [2.75, 3.05) is 38.1 Å². The SMILES string of the molecule is CCc1nn2cc(CN3CCN(c4cnc(C(=O)NC)c(F)c4)CC3)cc2[nH]c1=O. The third-order valence-electron chi connectivity index (χ3n) is 5.34. The molecule has 0 radical (unpaired) electrons. The van der Waals surface area contributed by atoms with Gasteiger partial charge in [0.2, 0.25) is 0 Å². The van der Waals surface area contributed by atoms with E-state index in [2.05, 4.69) is 30.2 Å². The number of piperazine rings is 1. The number of halogens is 1. The summed E-state index contributed by atoms with van der Waals surface area (Å²) in [5.74, 6) is -1.16. The molecule has 30 heavy (non-hydrogen) atoms. The molecule has 3 aromatic heterocycles. The van der Waals surface area contributed by atoms with Gasteiger partial charge in [0.1, 0.15) is 11.3 Å². The van der Waals surface area contributed by atoms with Crippen molar-refractivity contribution in [2.24, 2.45) is 0 Å². The molecular formula is C20H24FN7O2. The molecule has 1 aliphatic rings. The second kappa shape index (κ2) is 8.23. The second-order valence-electron chi connectivity index (χ2n) is 7.30. The fourth-order valence-electron chi connectivity index (χ4n) is 3.67. The number of pyridine rings is 1. The highest BCUT2D eigenvalue weighted by Crippen LogP contribution is 2.19. The molecule has 0 atom stereocenters. The molecule has 0 aliphatic carbocycles. The summed E-state index contributed by atoms with van der Waals surface area (Å²) < 4.78 is 15.9. The Morgan fingerprint density at radius 2 is 2.03 bits per heavy atom.